The van der Waals surface area contributed by atoms with Gasteiger partial charge < -0.3 is 4.74 Å². The van der Waals surface area contributed by atoms with Crippen molar-refractivity contribution in [3.63, 3.8) is 0 Å². The minimum absolute atomic E-state index is 0.0757. The molecule has 0 N–H and O–H groups in total. The van der Waals surface area contributed by atoms with E-state index < -0.39 is 0 Å². The number of pyridine rings is 2. The molecule has 0 aliphatic heterocycles. The summed E-state index contributed by atoms with van der Waals surface area (Å²) in [5.41, 5.74) is 6.13. The van der Waals surface area contributed by atoms with Crippen LogP contribution >= 0.6 is 0 Å². The predicted molar refractivity (Wildman–Crippen MR) is 116 cm³/mol. The van der Waals surface area contributed by atoms with Gasteiger partial charge in [-0.1, -0.05) is 12.1 Å². The summed E-state index contributed by atoms with van der Waals surface area (Å²) in [6, 6.07) is 10.1. The molecule has 3 aromatic heterocycles. The van der Waals surface area contributed by atoms with E-state index in [0.717, 1.165) is 41.1 Å². The first kappa shape index (κ1) is 20.3. The molecule has 0 radical (unpaired) electrons. The molecule has 3 heterocycles. The van der Waals surface area contributed by atoms with Gasteiger partial charge >= 0.3 is 0 Å². The SMILES string of the molecule is Cc1ccc([C@H]2C[C@@H]2COc2cc(CCc3ccc(C)nc3C)c(=O)n(C)n2)nc1. The number of aryl methyl sites for hydroxylation is 6. The molecule has 1 fully saturated rings. The normalized spacial score (nSPS) is 17.7. The summed E-state index contributed by atoms with van der Waals surface area (Å²) in [5.74, 6) is 1.41. The highest BCUT2D eigenvalue weighted by molar-refractivity contribution is 5.25. The van der Waals surface area contributed by atoms with Crippen molar-refractivity contribution in [1.29, 1.82) is 0 Å². The molecular formula is C24H28N4O2. The van der Waals surface area contributed by atoms with Crippen molar-refractivity contribution in [3.05, 3.63) is 80.7 Å². The minimum Gasteiger partial charge on any atom is -0.476 e. The van der Waals surface area contributed by atoms with Crippen LogP contribution in [-0.4, -0.2) is 26.4 Å². The zero-order chi connectivity index (χ0) is 21.3. The molecule has 2 atom stereocenters. The predicted octanol–water partition coefficient (Wildman–Crippen LogP) is 3.46. The zero-order valence-corrected chi connectivity index (χ0v) is 18.1. The van der Waals surface area contributed by atoms with Gasteiger partial charge in [0.2, 0.25) is 5.88 Å². The van der Waals surface area contributed by atoms with E-state index in [4.69, 9.17) is 4.74 Å². The lowest BCUT2D eigenvalue weighted by Gasteiger charge is -2.10. The third kappa shape index (κ3) is 4.58. The second-order valence-electron chi connectivity index (χ2n) is 8.31. The highest BCUT2D eigenvalue weighted by atomic mass is 16.5. The molecule has 0 bridgehead atoms. The van der Waals surface area contributed by atoms with Crippen molar-refractivity contribution in [2.45, 2.75) is 46.0 Å². The van der Waals surface area contributed by atoms with Crippen molar-refractivity contribution in [1.82, 2.24) is 19.7 Å². The molecule has 6 heteroatoms. The molecule has 3 aromatic rings. The Morgan fingerprint density at radius 1 is 1.10 bits per heavy atom. The van der Waals surface area contributed by atoms with E-state index in [1.54, 1.807) is 13.1 Å². The molecule has 6 nitrogen and oxygen atoms in total. The highest BCUT2D eigenvalue weighted by Crippen LogP contribution is 2.46. The Kier molecular flexibility index (Phi) is 5.66. The fraction of sp³-hybridized carbons (Fsp3) is 0.417. The lowest BCUT2D eigenvalue weighted by atomic mass is 10.0. The number of ether oxygens (including phenoxy) is 1. The lowest BCUT2D eigenvalue weighted by molar-refractivity contribution is 0.277. The van der Waals surface area contributed by atoms with Crippen molar-refractivity contribution < 1.29 is 4.74 Å². The molecule has 1 aliphatic carbocycles. The van der Waals surface area contributed by atoms with Crippen molar-refractivity contribution in [2.75, 3.05) is 6.61 Å². The van der Waals surface area contributed by atoms with Gasteiger partial charge in [-0.05, 0) is 63.3 Å². The van der Waals surface area contributed by atoms with Gasteiger partial charge in [0, 0.05) is 53.8 Å². The van der Waals surface area contributed by atoms with Crippen molar-refractivity contribution >= 4 is 0 Å². The summed E-state index contributed by atoms with van der Waals surface area (Å²) >= 11 is 0. The third-order valence-electron chi connectivity index (χ3n) is 5.80. The second kappa shape index (κ2) is 8.38. The number of hydrogen-bond donors (Lipinski definition) is 0. The Bertz CT molecular complexity index is 1110. The van der Waals surface area contributed by atoms with E-state index >= 15 is 0 Å². The summed E-state index contributed by atoms with van der Waals surface area (Å²) in [6.45, 7) is 6.63. The summed E-state index contributed by atoms with van der Waals surface area (Å²) in [6.07, 6.45) is 4.39. The number of nitrogens with zero attached hydrogens (tertiary/aromatic N) is 4. The quantitative estimate of drug-likeness (QED) is 0.603. The largest absolute Gasteiger partial charge is 0.476 e. The number of rotatable bonds is 7. The van der Waals surface area contributed by atoms with E-state index in [9.17, 15) is 4.79 Å². The highest BCUT2D eigenvalue weighted by Gasteiger charge is 2.40. The Labute approximate surface area is 177 Å². The van der Waals surface area contributed by atoms with Gasteiger partial charge in [-0.2, -0.15) is 0 Å². The summed E-state index contributed by atoms with van der Waals surface area (Å²) in [4.78, 5) is 21.6. The van der Waals surface area contributed by atoms with Crippen LogP contribution < -0.4 is 10.3 Å². The monoisotopic (exact) mass is 404 g/mol. The Morgan fingerprint density at radius 2 is 1.90 bits per heavy atom. The van der Waals surface area contributed by atoms with Gasteiger partial charge in [-0.3, -0.25) is 14.8 Å². The fourth-order valence-corrected chi connectivity index (χ4v) is 3.82. The van der Waals surface area contributed by atoms with Crippen LogP contribution in [0.15, 0.2) is 41.3 Å². The minimum atomic E-state index is -0.0757. The molecule has 0 saturated heterocycles. The van der Waals surface area contributed by atoms with Crippen LogP contribution in [0.5, 0.6) is 5.88 Å². The first-order valence-corrected chi connectivity index (χ1v) is 10.5. The van der Waals surface area contributed by atoms with Crippen LogP contribution in [0.3, 0.4) is 0 Å². The van der Waals surface area contributed by atoms with Gasteiger partial charge in [0.05, 0.1) is 6.61 Å². The Balaban J connectivity index is 1.39. The lowest BCUT2D eigenvalue weighted by Crippen LogP contribution is -2.24. The molecule has 0 unspecified atom stereocenters. The van der Waals surface area contributed by atoms with Crippen LogP contribution in [0, 0.1) is 26.7 Å². The van der Waals surface area contributed by atoms with Crippen molar-refractivity contribution in [3.8, 4) is 5.88 Å². The van der Waals surface area contributed by atoms with E-state index in [1.165, 1.54) is 10.2 Å². The third-order valence-corrected chi connectivity index (χ3v) is 5.80. The molecule has 0 spiro atoms. The molecule has 1 saturated carbocycles. The van der Waals surface area contributed by atoms with Gasteiger partial charge in [0.1, 0.15) is 0 Å². The molecule has 30 heavy (non-hydrogen) atoms. The van der Waals surface area contributed by atoms with Gasteiger partial charge in [-0.25, -0.2) is 4.68 Å². The summed E-state index contributed by atoms with van der Waals surface area (Å²) in [5, 5.41) is 4.28. The number of hydrogen-bond acceptors (Lipinski definition) is 5. The van der Waals surface area contributed by atoms with E-state index in [-0.39, 0.29) is 5.56 Å². The van der Waals surface area contributed by atoms with Gasteiger partial charge in [0.25, 0.3) is 5.56 Å². The molecule has 1 aliphatic rings. The number of aromatic nitrogens is 4. The van der Waals surface area contributed by atoms with Crippen LogP contribution in [0.1, 0.15) is 46.1 Å². The first-order valence-electron chi connectivity index (χ1n) is 10.5. The topological polar surface area (TPSA) is 69.9 Å². The van der Waals surface area contributed by atoms with Crippen LogP contribution in [0.25, 0.3) is 0 Å². The van der Waals surface area contributed by atoms with Gasteiger partial charge in [0.15, 0.2) is 0 Å². The maximum absolute atomic E-state index is 12.5. The van der Waals surface area contributed by atoms with Crippen LogP contribution in [0.4, 0.5) is 0 Å². The Morgan fingerprint density at radius 3 is 2.63 bits per heavy atom. The molecule has 4 rings (SSSR count). The van der Waals surface area contributed by atoms with E-state index in [2.05, 4.69) is 33.3 Å². The molecule has 0 aromatic carbocycles. The van der Waals surface area contributed by atoms with E-state index in [1.807, 2.05) is 33.0 Å². The fourth-order valence-electron chi connectivity index (χ4n) is 3.82. The van der Waals surface area contributed by atoms with Crippen LogP contribution in [-0.2, 0) is 19.9 Å². The van der Waals surface area contributed by atoms with E-state index in [0.29, 0.717) is 30.7 Å². The molecular weight excluding hydrogens is 376 g/mol. The summed E-state index contributed by atoms with van der Waals surface area (Å²) < 4.78 is 7.33. The Hall–Kier alpha value is -3.02. The maximum Gasteiger partial charge on any atom is 0.269 e. The standard InChI is InChI=1S/C24H28N4O2/c1-15-5-10-22(25-13-15)21-11-20(21)14-30-23-12-19(24(29)28(4)27-23)9-8-18-7-6-16(2)26-17(18)3/h5-7,10,12-13,20-21H,8-9,11,14H2,1-4H3/t20-,21+/m1/s1. The average Bonchev–Trinajstić information content (AvgIpc) is 3.49. The molecule has 156 valence electrons. The average molecular weight is 405 g/mol. The van der Waals surface area contributed by atoms with Crippen molar-refractivity contribution in [2.24, 2.45) is 13.0 Å². The second-order valence-corrected chi connectivity index (χ2v) is 8.31. The zero-order valence-electron chi connectivity index (χ0n) is 18.1. The molecule has 0 amide bonds. The maximum atomic E-state index is 12.5. The summed E-state index contributed by atoms with van der Waals surface area (Å²) in [7, 11) is 1.67. The first-order chi connectivity index (χ1) is 14.4. The smallest absolute Gasteiger partial charge is 0.269 e. The van der Waals surface area contributed by atoms with Gasteiger partial charge in [-0.15, -0.1) is 5.10 Å². The van der Waals surface area contributed by atoms with Crippen LogP contribution in [0.2, 0.25) is 0 Å².